The van der Waals surface area contributed by atoms with Crippen LogP contribution in [0.15, 0.2) is 10.1 Å². The molecular weight excluding hydrogens is 143 g/mol. The van der Waals surface area contributed by atoms with E-state index in [-0.39, 0.29) is 0 Å². The lowest BCUT2D eigenvalue weighted by molar-refractivity contribution is 0.809. The van der Waals surface area contributed by atoms with Gasteiger partial charge in [0.15, 0.2) is 0 Å². The molecule has 0 nitrogen and oxygen atoms in total. The van der Waals surface area contributed by atoms with Gasteiger partial charge in [-0.3, -0.25) is 0 Å². The van der Waals surface area contributed by atoms with Crippen molar-refractivity contribution < 1.29 is 0 Å². The molecule has 0 N–H and O–H groups in total. The zero-order valence-electron chi connectivity index (χ0n) is 5.33. The van der Waals surface area contributed by atoms with Gasteiger partial charge in [-0.15, -0.1) is 0 Å². The summed E-state index contributed by atoms with van der Waals surface area (Å²) in [6.45, 7) is 5.81. The average Bonchev–Trinajstić information content (AvgIpc) is 1.64. The van der Waals surface area contributed by atoms with E-state index in [4.69, 9.17) is 23.2 Å². The maximum Gasteiger partial charge on any atom is 0.0348 e. The maximum atomic E-state index is 5.70. The topological polar surface area (TPSA) is 0 Å². The highest BCUT2D eigenvalue weighted by Gasteiger charge is 2.00. The van der Waals surface area contributed by atoms with E-state index in [0.29, 0.717) is 11.0 Å². The van der Waals surface area contributed by atoms with Gasteiger partial charge in [0.1, 0.15) is 0 Å². The van der Waals surface area contributed by atoms with Crippen LogP contribution in [0, 0.1) is 5.92 Å². The molecule has 0 aliphatic heterocycles. The van der Waals surface area contributed by atoms with E-state index in [2.05, 4.69) is 0 Å². The van der Waals surface area contributed by atoms with E-state index in [1.54, 1.807) is 6.92 Å². The first-order chi connectivity index (χ1) is 3.55. The van der Waals surface area contributed by atoms with Crippen molar-refractivity contribution in [2.75, 3.05) is 0 Å². The van der Waals surface area contributed by atoms with Crippen molar-refractivity contribution in [1.82, 2.24) is 0 Å². The second-order valence-electron chi connectivity index (χ2n) is 2.04. The van der Waals surface area contributed by atoms with E-state index in [1.807, 2.05) is 13.8 Å². The Hall–Kier alpha value is 0.320. The van der Waals surface area contributed by atoms with Crippen LogP contribution in [0.2, 0.25) is 0 Å². The van der Waals surface area contributed by atoms with Gasteiger partial charge in [-0.2, -0.15) is 0 Å². The molecule has 48 valence electrons. The van der Waals surface area contributed by atoms with Crippen molar-refractivity contribution in [3.05, 3.63) is 10.1 Å². The number of hydrogen-bond donors (Lipinski definition) is 0. The number of allylic oxidation sites excluding steroid dienone is 2. The fourth-order valence-corrected chi connectivity index (χ4v) is 0.616. The Morgan fingerprint density at radius 3 is 1.62 bits per heavy atom. The first-order valence-electron chi connectivity index (χ1n) is 2.57. The van der Waals surface area contributed by atoms with Crippen LogP contribution < -0.4 is 0 Å². The number of halogens is 2. The minimum Gasteiger partial charge on any atom is -0.0882 e. The summed E-state index contributed by atoms with van der Waals surface area (Å²) in [5, 5.41) is 1.45. The van der Waals surface area contributed by atoms with E-state index < -0.39 is 0 Å². The fraction of sp³-hybridized carbons (Fsp3) is 0.667. The maximum absolute atomic E-state index is 5.70. The Morgan fingerprint density at radius 2 is 1.62 bits per heavy atom. The van der Waals surface area contributed by atoms with Crippen molar-refractivity contribution in [1.29, 1.82) is 0 Å². The van der Waals surface area contributed by atoms with E-state index in [0.717, 1.165) is 5.03 Å². The molecule has 0 radical (unpaired) electrons. The second kappa shape index (κ2) is 3.37. The van der Waals surface area contributed by atoms with Crippen molar-refractivity contribution in [3.8, 4) is 0 Å². The number of hydrogen-bond acceptors (Lipinski definition) is 0. The van der Waals surface area contributed by atoms with Crippen LogP contribution in [0.5, 0.6) is 0 Å². The molecule has 2 heteroatoms. The average molecular weight is 153 g/mol. The first kappa shape index (κ1) is 8.32. The second-order valence-corrected chi connectivity index (χ2v) is 3.01. The van der Waals surface area contributed by atoms with Crippen LogP contribution in [0.25, 0.3) is 0 Å². The lowest BCUT2D eigenvalue weighted by Crippen LogP contribution is -1.85. The summed E-state index contributed by atoms with van der Waals surface area (Å²) in [6.07, 6.45) is 0. The fourth-order valence-electron chi connectivity index (χ4n) is 0.398. The van der Waals surface area contributed by atoms with Crippen LogP contribution in [-0.2, 0) is 0 Å². The molecule has 0 aliphatic carbocycles. The molecule has 0 atom stereocenters. The van der Waals surface area contributed by atoms with Gasteiger partial charge in [-0.05, 0) is 12.8 Å². The molecule has 0 aromatic rings. The summed E-state index contributed by atoms with van der Waals surface area (Å²) in [6, 6.07) is 0. The lowest BCUT2D eigenvalue weighted by Gasteiger charge is -2.01. The third kappa shape index (κ3) is 2.58. The highest BCUT2D eigenvalue weighted by atomic mass is 35.5. The highest BCUT2D eigenvalue weighted by molar-refractivity contribution is 6.39. The molecule has 0 aliphatic rings. The summed E-state index contributed by atoms with van der Waals surface area (Å²) in [5.41, 5.74) is 0. The van der Waals surface area contributed by atoms with Crippen LogP contribution >= 0.6 is 23.2 Å². The molecule has 0 amide bonds. The molecule has 0 rings (SSSR count). The van der Waals surface area contributed by atoms with Crippen LogP contribution in [0.3, 0.4) is 0 Å². The Morgan fingerprint density at radius 1 is 1.25 bits per heavy atom. The summed E-state index contributed by atoms with van der Waals surface area (Å²) in [4.78, 5) is 0. The van der Waals surface area contributed by atoms with Crippen molar-refractivity contribution >= 4 is 23.2 Å². The Bertz CT molecular complexity index is 99.1. The van der Waals surface area contributed by atoms with E-state index in [9.17, 15) is 0 Å². The third-order valence-electron chi connectivity index (χ3n) is 0.836. The van der Waals surface area contributed by atoms with Gasteiger partial charge in [-0.1, -0.05) is 37.0 Å². The molecule has 0 heterocycles. The highest BCUT2D eigenvalue weighted by Crippen LogP contribution is 2.20. The molecule has 0 unspecified atom stereocenters. The normalized spacial score (nSPS) is 14.2. The first-order valence-corrected chi connectivity index (χ1v) is 3.33. The summed E-state index contributed by atoms with van der Waals surface area (Å²) in [5.74, 6) is 0.356. The number of rotatable bonds is 1. The van der Waals surface area contributed by atoms with E-state index >= 15 is 0 Å². The van der Waals surface area contributed by atoms with Crippen LogP contribution in [-0.4, -0.2) is 0 Å². The Balaban J connectivity index is 4.00. The molecule has 0 saturated carbocycles. The zero-order valence-corrected chi connectivity index (χ0v) is 6.85. The van der Waals surface area contributed by atoms with Gasteiger partial charge in [0, 0.05) is 10.1 Å². The quantitative estimate of drug-likeness (QED) is 0.541. The summed E-state index contributed by atoms with van der Waals surface area (Å²) >= 11 is 11.3. The molecule has 0 aromatic heterocycles. The van der Waals surface area contributed by atoms with Gasteiger partial charge < -0.3 is 0 Å². The minimum atomic E-state index is 0.356. The minimum absolute atomic E-state index is 0.356. The standard InChI is InChI=1S/C6H10Cl2/c1-4(2)6(8)5(3)7/h4H,1-3H3/b6-5-. The van der Waals surface area contributed by atoms with Gasteiger partial charge in [-0.25, -0.2) is 0 Å². The molecule has 0 fully saturated rings. The third-order valence-corrected chi connectivity index (χ3v) is 1.86. The predicted octanol–water partition coefficient (Wildman–Crippen LogP) is 3.35. The van der Waals surface area contributed by atoms with Gasteiger partial charge in [0.2, 0.25) is 0 Å². The van der Waals surface area contributed by atoms with Crippen molar-refractivity contribution in [3.63, 3.8) is 0 Å². The Labute approximate surface area is 60.5 Å². The molecule has 0 saturated heterocycles. The van der Waals surface area contributed by atoms with Crippen LogP contribution in [0.4, 0.5) is 0 Å². The Kier molecular flexibility index (Phi) is 3.50. The smallest absolute Gasteiger partial charge is 0.0348 e. The zero-order chi connectivity index (χ0) is 6.73. The molecular formula is C6H10Cl2. The SMILES string of the molecule is C/C(Cl)=C(/Cl)C(C)C. The van der Waals surface area contributed by atoms with Gasteiger partial charge in [0.25, 0.3) is 0 Å². The molecule has 8 heavy (non-hydrogen) atoms. The molecule has 0 spiro atoms. The van der Waals surface area contributed by atoms with Crippen molar-refractivity contribution in [2.45, 2.75) is 20.8 Å². The largest absolute Gasteiger partial charge is 0.0882 e. The molecule has 0 aromatic carbocycles. The molecule has 0 bridgehead atoms. The van der Waals surface area contributed by atoms with Gasteiger partial charge in [0.05, 0.1) is 0 Å². The van der Waals surface area contributed by atoms with E-state index in [1.165, 1.54) is 0 Å². The lowest BCUT2D eigenvalue weighted by atomic mass is 10.2. The van der Waals surface area contributed by atoms with Crippen LogP contribution in [0.1, 0.15) is 20.8 Å². The predicted molar refractivity (Wildman–Crippen MR) is 39.2 cm³/mol. The van der Waals surface area contributed by atoms with Gasteiger partial charge >= 0.3 is 0 Å². The summed E-state index contributed by atoms with van der Waals surface area (Å²) in [7, 11) is 0. The van der Waals surface area contributed by atoms with Crippen molar-refractivity contribution in [2.24, 2.45) is 5.92 Å². The monoisotopic (exact) mass is 152 g/mol. The summed E-state index contributed by atoms with van der Waals surface area (Å²) < 4.78 is 0.